The van der Waals surface area contributed by atoms with Gasteiger partial charge in [0.1, 0.15) is 6.04 Å². The van der Waals surface area contributed by atoms with Crippen LogP contribution in [0.2, 0.25) is 0 Å². The zero-order valence-electron chi connectivity index (χ0n) is 25.4. The van der Waals surface area contributed by atoms with E-state index in [2.05, 4.69) is 74.4 Å². The van der Waals surface area contributed by atoms with Crippen LogP contribution in [0, 0.1) is 0 Å². The summed E-state index contributed by atoms with van der Waals surface area (Å²) in [5.41, 5.74) is 11.5. The second-order valence-corrected chi connectivity index (χ2v) is 13.2. The van der Waals surface area contributed by atoms with Gasteiger partial charge in [-0.05, 0) is 64.2 Å². The number of carbonyl (C=O) groups is 1. The molecule has 0 heterocycles. The summed E-state index contributed by atoms with van der Waals surface area (Å²) >= 11 is 0. The number of benzene rings is 1. The van der Waals surface area contributed by atoms with Crippen LogP contribution in [-0.2, 0) is 27.5 Å². The first-order valence-corrected chi connectivity index (χ1v) is 14.9. The molecule has 0 amide bonds. The first kappa shape index (κ1) is 32.7. The third-order valence-corrected chi connectivity index (χ3v) is 8.45. The van der Waals surface area contributed by atoms with Gasteiger partial charge in [0.15, 0.2) is 0 Å². The average Bonchev–Trinajstić information content (AvgIpc) is 2.79. The summed E-state index contributed by atoms with van der Waals surface area (Å²) in [6.07, 6.45) is 14.7. The van der Waals surface area contributed by atoms with Crippen molar-refractivity contribution in [1.82, 2.24) is 0 Å². The smallest absolute Gasteiger partial charge is 0.320 e. The van der Waals surface area contributed by atoms with Gasteiger partial charge < -0.3 is 10.8 Å². The molecule has 0 aliphatic carbocycles. The standard InChI is InChI=1S/C33H59NO2/c1-10-13-16-19-31(4,5)25-22-27(32(6,7)20-17-14-11-2)26(24-29(34)30(35)36)28(23-25)33(8,9)21-18-15-12-3/h22-23,29H,10-21,24,34H2,1-9H3,(H,35,36)/t29-/m0/s1. The van der Waals surface area contributed by atoms with Crippen LogP contribution in [0.1, 0.15) is 162 Å². The number of aliphatic carboxylic acids is 1. The van der Waals surface area contributed by atoms with Crippen molar-refractivity contribution in [3.05, 3.63) is 34.4 Å². The van der Waals surface area contributed by atoms with E-state index in [1.807, 2.05) is 0 Å². The molecule has 0 fully saturated rings. The molecule has 0 unspecified atom stereocenters. The van der Waals surface area contributed by atoms with Crippen LogP contribution in [0.5, 0.6) is 0 Å². The number of nitrogens with two attached hydrogens (primary N) is 1. The molecular formula is C33H59NO2. The Bertz CT molecular complexity index is 763. The van der Waals surface area contributed by atoms with Crippen LogP contribution in [-0.4, -0.2) is 17.1 Å². The first-order chi connectivity index (χ1) is 16.7. The Hall–Kier alpha value is -1.35. The van der Waals surface area contributed by atoms with Gasteiger partial charge in [-0.2, -0.15) is 0 Å². The Balaban J connectivity index is 3.82. The molecule has 0 radical (unpaired) electrons. The van der Waals surface area contributed by atoms with E-state index in [1.165, 1.54) is 86.5 Å². The quantitative estimate of drug-likeness (QED) is 0.197. The molecule has 1 aromatic carbocycles. The third kappa shape index (κ3) is 9.51. The van der Waals surface area contributed by atoms with Crippen molar-refractivity contribution in [2.45, 2.75) is 168 Å². The van der Waals surface area contributed by atoms with Crippen LogP contribution < -0.4 is 5.73 Å². The molecule has 0 aliphatic rings. The van der Waals surface area contributed by atoms with Crippen molar-refractivity contribution in [1.29, 1.82) is 0 Å². The Morgan fingerprint density at radius 3 is 1.42 bits per heavy atom. The van der Waals surface area contributed by atoms with Crippen molar-refractivity contribution in [2.75, 3.05) is 0 Å². The summed E-state index contributed by atoms with van der Waals surface area (Å²) in [5, 5.41) is 9.76. The minimum absolute atomic E-state index is 0.0352. The number of unbranched alkanes of at least 4 members (excludes halogenated alkanes) is 6. The van der Waals surface area contributed by atoms with Crippen molar-refractivity contribution in [2.24, 2.45) is 5.73 Å². The predicted molar refractivity (Wildman–Crippen MR) is 157 cm³/mol. The summed E-state index contributed by atoms with van der Waals surface area (Å²) in [7, 11) is 0. The fourth-order valence-corrected chi connectivity index (χ4v) is 5.66. The topological polar surface area (TPSA) is 63.3 Å². The first-order valence-electron chi connectivity index (χ1n) is 14.9. The summed E-state index contributed by atoms with van der Waals surface area (Å²) in [6, 6.07) is 3.99. The molecule has 3 heteroatoms. The number of hydrogen-bond acceptors (Lipinski definition) is 2. The van der Waals surface area contributed by atoms with Gasteiger partial charge in [0.05, 0.1) is 0 Å². The van der Waals surface area contributed by atoms with Crippen molar-refractivity contribution >= 4 is 5.97 Å². The van der Waals surface area contributed by atoms with Gasteiger partial charge in [0.25, 0.3) is 0 Å². The lowest BCUT2D eigenvalue weighted by Crippen LogP contribution is -2.36. The number of carboxylic acids is 1. The minimum Gasteiger partial charge on any atom is -0.480 e. The summed E-state index contributed by atoms with van der Waals surface area (Å²) in [6.45, 7) is 21.0. The zero-order valence-corrected chi connectivity index (χ0v) is 25.4. The maximum atomic E-state index is 11.9. The Morgan fingerprint density at radius 2 is 1.08 bits per heavy atom. The molecular weight excluding hydrogens is 442 g/mol. The van der Waals surface area contributed by atoms with E-state index in [0.717, 1.165) is 12.8 Å². The molecule has 3 nitrogen and oxygen atoms in total. The van der Waals surface area contributed by atoms with E-state index in [-0.39, 0.29) is 16.2 Å². The van der Waals surface area contributed by atoms with Crippen LogP contribution in [0.15, 0.2) is 12.1 Å². The fraction of sp³-hybridized carbons (Fsp3) is 0.788. The molecule has 3 N–H and O–H groups in total. The SMILES string of the molecule is CCCCCC(C)(C)c1cc(C(C)(C)CCCCC)c(C[C@H](N)C(=O)O)c(C(C)(C)CCCCC)c1. The molecule has 0 saturated carbocycles. The van der Waals surface area contributed by atoms with E-state index in [0.29, 0.717) is 6.42 Å². The lowest BCUT2D eigenvalue weighted by Gasteiger charge is -2.38. The highest BCUT2D eigenvalue weighted by Gasteiger charge is 2.34. The second kappa shape index (κ2) is 14.6. The molecule has 36 heavy (non-hydrogen) atoms. The van der Waals surface area contributed by atoms with Crippen molar-refractivity contribution in [3.63, 3.8) is 0 Å². The van der Waals surface area contributed by atoms with E-state index < -0.39 is 12.0 Å². The Kier molecular flexibility index (Phi) is 13.2. The summed E-state index contributed by atoms with van der Waals surface area (Å²) in [5.74, 6) is -0.913. The highest BCUT2D eigenvalue weighted by molar-refractivity contribution is 5.74. The lowest BCUT2D eigenvalue weighted by molar-refractivity contribution is -0.138. The Morgan fingerprint density at radius 1 is 0.722 bits per heavy atom. The van der Waals surface area contributed by atoms with Gasteiger partial charge in [-0.25, -0.2) is 0 Å². The van der Waals surface area contributed by atoms with Gasteiger partial charge in [0, 0.05) is 0 Å². The summed E-state index contributed by atoms with van der Waals surface area (Å²) < 4.78 is 0. The average molecular weight is 502 g/mol. The van der Waals surface area contributed by atoms with E-state index in [1.54, 1.807) is 0 Å². The van der Waals surface area contributed by atoms with Gasteiger partial charge >= 0.3 is 5.97 Å². The number of hydrogen-bond donors (Lipinski definition) is 2. The molecule has 0 bridgehead atoms. The van der Waals surface area contributed by atoms with Gasteiger partial charge in [-0.3, -0.25) is 4.79 Å². The van der Waals surface area contributed by atoms with Crippen LogP contribution in [0.3, 0.4) is 0 Å². The second-order valence-electron chi connectivity index (χ2n) is 13.2. The molecule has 1 aromatic rings. The fourth-order valence-electron chi connectivity index (χ4n) is 5.66. The zero-order chi connectivity index (χ0) is 27.6. The van der Waals surface area contributed by atoms with Gasteiger partial charge in [-0.15, -0.1) is 0 Å². The minimum atomic E-state index is -0.913. The molecule has 208 valence electrons. The maximum absolute atomic E-state index is 11.9. The molecule has 0 saturated heterocycles. The van der Waals surface area contributed by atoms with E-state index >= 15 is 0 Å². The van der Waals surface area contributed by atoms with Crippen molar-refractivity contribution in [3.8, 4) is 0 Å². The normalized spacial score (nSPS) is 13.7. The Labute approximate surface area is 224 Å². The van der Waals surface area contributed by atoms with E-state index in [9.17, 15) is 9.90 Å². The molecule has 1 atom stereocenters. The highest BCUT2D eigenvalue weighted by Crippen LogP contribution is 2.43. The lowest BCUT2D eigenvalue weighted by atomic mass is 9.67. The molecule has 0 aliphatic heterocycles. The van der Waals surface area contributed by atoms with Crippen LogP contribution in [0.4, 0.5) is 0 Å². The van der Waals surface area contributed by atoms with Crippen LogP contribution >= 0.6 is 0 Å². The molecule has 0 aromatic heterocycles. The molecule has 1 rings (SSSR count). The third-order valence-electron chi connectivity index (χ3n) is 8.45. The predicted octanol–water partition coefficient (Wildman–Crippen LogP) is 9.21. The molecule has 0 spiro atoms. The van der Waals surface area contributed by atoms with E-state index in [4.69, 9.17) is 5.73 Å². The van der Waals surface area contributed by atoms with Crippen molar-refractivity contribution < 1.29 is 9.90 Å². The summed E-state index contributed by atoms with van der Waals surface area (Å²) in [4.78, 5) is 11.9. The number of rotatable bonds is 18. The largest absolute Gasteiger partial charge is 0.480 e. The van der Waals surface area contributed by atoms with Crippen LogP contribution in [0.25, 0.3) is 0 Å². The van der Waals surface area contributed by atoms with Gasteiger partial charge in [0.2, 0.25) is 0 Å². The highest BCUT2D eigenvalue weighted by atomic mass is 16.4. The monoisotopic (exact) mass is 501 g/mol. The maximum Gasteiger partial charge on any atom is 0.320 e. The number of carboxylic acid groups (broad SMARTS) is 1. The van der Waals surface area contributed by atoms with Gasteiger partial charge in [-0.1, -0.05) is 132 Å².